The molecule has 0 aromatic rings. The van der Waals surface area contributed by atoms with Gasteiger partial charge < -0.3 is 46.2 Å². The van der Waals surface area contributed by atoms with Gasteiger partial charge in [-0.25, -0.2) is 0 Å². The van der Waals surface area contributed by atoms with Crippen LogP contribution in [0.2, 0.25) is 0 Å². The van der Waals surface area contributed by atoms with Gasteiger partial charge in [-0.15, -0.1) is 0 Å². The third-order valence-corrected chi connectivity index (χ3v) is 14.9. The van der Waals surface area contributed by atoms with E-state index in [0.29, 0.717) is 32.1 Å². The number of carbonyl (C=O) groups is 7. The van der Waals surface area contributed by atoms with E-state index in [2.05, 4.69) is 26.1 Å². The number of hydrogen-bond donors (Lipinski definition) is 9. The van der Waals surface area contributed by atoms with Crippen LogP contribution >= 0.6 is 0 Å². The molecule has 0 aromatic carbocycles. The lowest BCUT2D eigenvalue weighted by Crippen LogP contribution is -2.63. The largest absolute Gasteiger partial charge is 0.481 e. The van der Waals surface area contributed by atoms with E-state index in [4.69, 9.17) is 0 Å². The van der Waals surface area contributed by atoms with Gasteiger partial charge in [-0.2, -0.15) is 0 Å². The van der Waals surface area contributed by atoms with E-state index >= 15 is 0 Å². The number of aliphatic hydroxyl groups is 2. The molecule has 60 heavy (non-hydrogen) atoms. The number of carboxylic acid groups (broad SMARTS) is 6. The van der Waals surface area contributed by atoms with Gasteiger partial charge in [-0.1, -0.05) is 20.8 Å². The van der Waals surface area contributed by atoms with Crippen molar-refractivity contribution in [1.29, 1.82) is 0 Å². The lowest BCUT2D eigenvalue weighted by atomic mass is 9.43. The normalized spacial score (nSPS) is 32.1. The van der Waals surface area contributed by atoms with Crippen molar-refractivity contribution >= 4 is 41.7 Å². The predicted octanol–water partition coefficient (Wildman–Crippen LogP) is 1.05. The van der Waals surface area contributed by atoms with Gasteiger partial charge in [0.05, 0.1) is 38.4 Å². The van der Waals surface area contributed by atoms with Gasteiger partial charge in [0.25, 0.3) is 0 Å². The molecule has 0 aromatic heterocycles. The first kappa shape index (κ1) is 48.8. The van der Waals surface area contributed by atoms with E-state index < -0.39 is 91.6 Å². The van der Waals surface area contributed by atoms with Gasteiger partial charge in [0, 0.05) is 45.1 Å². The summed E-state index contributed by atoms with van der Waals surface area (Å²) in [6.45, 7) is 3.08. The highest BCUT2D eigenvalue weighted by Crippen LogP contribution is 2.68. The van der Waals surface area contributed by atoms with Gasteiger partial charge in [-0.3, -0.25) is 48.3 Å². The molecule has 340 valence electrons. The van der Waals surface area contributed by atoms with Crippen LogP contribution in [0.3, 0.4) is 0 Å². The summed E-state index contributed by atoms with van der Waals surface area (Å²) in [5.74, 6) is -7.31. The SMILES string of the molecule is CC(CCC(=O)O)[C@H]1CCC2C3C(O)CC4C[C@H](NC(=O)CC[C@H](C(=O)O)N(CCN(CC(=O)O)CC(=O)O)CCN(CC(=O)O)CC(=O)O)CC[C@]4(C)C3C[C@H](O)[C@@]21C. The van der Waals surface area contributed by atoms with Gasteiger partial charge in [0.15, 0.2) is 0 Å². The minimum absolute atomic E-state index is 0.000897. The first-order chi connectivity index (χ1) is 28.1. The van der Waals surface area contributed by atoms with Crippen LogP contribution in [0.25, 0.3) is 0 Å². The maximum absolute atomic E-state index is 13.5. The Hall–Kier alpha value is -3.91. The summed E-state index contributed by atoms with van der Waals surface area (Å²) in [7, 11) is 0. The first-order valence-electron chi connectivity index (χ1n) is 21.2. The second-order valence-electron chi connectivity index (χ2n) is 18.5. The van der Waals surface area contributed by atoms with E-state index in [9.17, 15) is 74.4 Å². The van der Waals surface area contributed by atoms with Crippen molar-refractivity contribution in [3.63, 3.8) is 0 Å². The summed E-state index contributed by atoms with van der Waals surface area (Å²) in [4.78, 5) is 86.6. The number of nitrogens with zero attached hydrogens (tertiary/aromatic N) is 3. The number of aliphatic hydroxyl groups excluding tert-OH is 2. The van der Waals surface area contributed by atoms with E-state index in [1.807, 2.05) is 0 Å². The summed E-state index contributed by atoms with van der Waals surface area (Å²) in [5, 5.41) is 83.5. The molecule has 0 spiro atoms. The Morgan fingerprint density at radius 3 is 1.72 bits per heavy atom. The van der Waals surface area contributed by atoms with Crippen LogP contribution in [0.1, 0.15) is 91.4 Å². The summed E-state index contributed by atoms with van der Waals surface area (Å²) < 4.78 is 0. The molecule has 4 fully saturated rings. The highest BCUT2D eigenvalue weighted by molar-refractivity contribution is 5.79. The number of fused-ring (bicyclic) bond motifs is 5. The molecule has 1 amide bonds. The number of carboxylic acids is 6. The topological polar surface area (TPSA) is 303 Å². The molecule has 0 heterocycles. The number of aliphatic carboxylic acids is 6. The van der Waals surface area contributed by atoms with E-state index in [-0.39, 0.29) is 92.4 Å². The quantitative estimate of drug-likeness (QED) is 0.0655. The molecule has 4 rings (SSSR count). The van der Waals surface area contributed by atoms with Crippen molar-refractivity contribution in [3.8, 4) is 0 Å². The Balaban J connectivity index is 1.42. The number of carbonyl (C=O) groups excluding carboxylic acids is 1. The van der Waals surface area contributed by atoms with Crippen LogP contribution in [0.15, 0.2) is 0 Å². The van der Waals surface area contributed by atoms with E-state index in [1.165, 1.54) is 4.90 Å². The third-order valence-electron chi connectivity index (χ3n) is 14.9. The molecular formula is C41H66N4O15. The minimum atomic E-state index is -1.34. The Bertz CT molecular complexity index is 1510. The fraction of sp³-hybridized carbons (Fsp3) is 0.829. The molecular weight excluding hydrogens is 788 g/mol. The molecule has 6 unspecified atom stereocenters. The van der Waals surface area contributed by atoms with E-state index in [0.717, 1.165) is 29.1 Å². The van der Waals surface area contributed by atoms with Gasteiger partial charge in [0.1, 0.15) is 6.04 Å². The summed E-state index contributed by atoms with van der Waals surface area (Å²) in [5.41, 5.74) is -0.621. The van der Waals surface area contributed by atoms with Crippen LogP contribution in [0.5, 0.6) is 0 Å². The number of rotatable bonds is 24. The van der Waals surface area contributed by atoms with Crippen molar-refractivity contribution in [2.24, 2.45) is 46.3 Å². The van der Waals surface area contributed by atoms with Gasteiger partial charge >= 0.3 is 35.8 Å². The maximum Gasteiger partial charge on any atom is 0.320 e. The molecule has 4 aliphatic rings. The smallest absolute Gasteiger partial charge is 0.320 e. The number of amides is 1. The highest BCUT2D eigenvalue weighted by atomic mass is 16.4. The van der Waals surface area contributed by atoms with Crippen molar-refractivity contribution in [2.45, 2.75) is 116 Å². The standard InChI is InChI=1S/C41H66N4O15/c1-23(4-9-33(49)50)26-5-6-27-38-28(18-31(47)41(26,27)3)40(2)11-10-25(16-24(40)17-30(38)46)42-32(48)8-7-29(39(59)60)45(14-12-43(19-34(51)52)20-35(53)54)15-13-44(21-36(55)56)22-37(57)58/h23-31,38,46-47H,4-22H2,1-3H3,(H,42,48)(H,49,50)(H,51,52)(H,53,54)(H,55,56)(H,57,58)(H,59,60)/t23?,24?,25-,26-,27?,28?,29-,30?,31+,38?,40+,41-/m1/s1. The average Bonchev–Trinajstić information content (AvgIpc) is 3.49. The van der Waals surface area contributed by atoms with Gasteiger partial charge in [0.2, 0.25) is 5.91 Å². The second kappa shape index (κ2) is 20.8. The zero-order valence-electron chi connectivity index (χ0n) is 35.0. The fourth-order valence-corrected chi connectivity index (χ4v) is 12.0. The molecule has 9 N–H and O–H groups in total. The molecule has 4 saturated carbocycles. The lowest BCUT2D eigenvalue weighted by Gasteiger charge is -2.63. The third kappa shape index (κ3) is 11.9. The van der Waals surface area contributed by atoms with E-state index in [1.54, 1.807) is 0 Å². The lowest BCUT2D eigenvalue weighted by molar-refractivity contribution is -0.202. The van der Waals surface area contributed by atoms with Crippen LogP contribution < -0.4 is 5.32 Å². The predicted molar refractivity (Wildman–Crippen MR) is 212 cm³/mol. The van der Waals surface area contributed by atoms with Gasteiger partial charge in [-0.05, 0) is 104 Å². The monoisotopic (exact) mass is 854 g/mol. The zero-order valence-corrected chi connectivity index (χ0v) is 35.0. The second-order valence-corrected chi connectivity index (χ2v) is 18.5. The summed E-state index contributed by atoms with van der Waals surface area (Å²) >= 11 is 0. The Morgan fingerprint density at radius 1 is 0.667 bits per heavy atom. The van der Waals surface area contributed by atoms with Crippen molar-refractivity contribution in [2.75, 3.05) is 52.4 Å². The maximum atomic E-state index is 13.5. The molecule has 0 radical (unpaired) electrons. The van der Waals surface area contributed by atoms with Crippen LogP contribution in [0.4, 0.5) is 0 Å². The molecule has 0 bridgehead atoms. The summed E-state index contributed by atoms with van der Waals surface area (Å²) in [6, 6.07) is -1.59. The van der Waals surface area contributed by atoms with Crippen LogP contribution in [-0.2, 0) is 33.6 Å². The van der Waals surface area contributed by atoms with Crippen LogP contribution in [0, 0.1) is 46.3 Å². The van der Waals surface area contributed by atoms with Crippen molar-refractivity contribution < 1.29 is 74.4 Å². The number of hydrogen-bond acceptors (Lipinski definition) is 12. The van der Waals surface area contributed by atoms with Crippen molar-refractivity contribution in [1.82, 2.24) is 20.0 Å². The number of nitrogens with one attached hydrogen (secondary N) is 1. The van der Waals surface area contributed by atoms with Crippen LogP contribution in [-0.4, -0.2) is 174 Å². The minimum Gasteiger partial charge on any atom is -0.481 e. The zero-order chi connectivity index (χ0) is 44.7. The Kier molecular flexibility index (Phi) is 16.9. The summed E-state index contributed by atoms with van der Waals surface area (Å²) in [6.07, 6.45) is 3.82. The molecule has 19 heteroatoms. The molecule has 0 saturated heterocycles. The Labute approximate surface area is 350 Å². The molecule has 0 aliphatic heterocycles. The molecule has 19 nitrogen and oxygen atoms in total. The Morgan fingerprint density at radius 2 is 1.22 bits per heavy atom. The fourth-order valence-electron chi connectivity index (χ4n) is 12.0. The molecule has 12 atom stereocenters. The average molecular weight is 855 g/mol. The first-order valence-corrected chi connectivity index (χ1v) is 21.2. The molecule has 4 aliphatic carbocycles. The highest BCUT2D eigenvalue weighted by Gasteiger charge is 2.65. The van der Waals surface area contributed by atoms with Crippen molar-refractivity contribution in [3.05, 3.63) is 0 Å².